The Balaban J connectivity index is 1.37. The van der Waals surface area contributed by atoms with Gasteiger partial charge in [0.25, 0.3) is 0 Å². The van der Waals surface area contributed by atoms with Gasteiger partial charge in [0.1, 0.15) is 5.82 Å². The summed E-state index contributed by atoms with van der Waals surface area (Å²) in [6.07, 6.45) is 6.41. The lowest BCUT2D eigenvalue weighted by Crippen LogP contribution is -2.46. The van der Waals surface area contributed by atoms with Gasteiger partial charge in [-0.25, -0.2) is 4.98 Å². The summed E-state index contributed by atoms with van der Waals surface area (Å²) < 4.78 is 5.72. The van der Waals surface area contributed by atoms with Crippen LogP contribution in [-0.2, 0) is 4.74 Å². The molecule has 1 saturated heterocycles. The van der Waals surface area contributed by atoms with Crippen molar-refractivity contribution in [3.63, 3.8) is 0 Å². The van der Waals surface area contributed by atoms with Gasteiger partial charge in [0, 0.05) is 47.8 Å². The van der Waals surface area contributed by atoms with E-state index in [1.54, 1.807) is 12.4 Å². The van der Waals surface area contributed by atoms with E-state index < -0.39 is 0 Å². The second-order valence-corrected chi connectivity index (χ2v) is 8.55. The summed E-state index contributed by atoms with van der Waals surface area (Å²) in [5.41, 5.74) is 4.38. The topological polar surface area (TPSA) is 51.1 Å². The Morgan fingerprint density at radius 3 is 2.71 bits per heavy atom. The standard InChI is InChI=1S/C23H24N4O/c1-23(2)11-17(14-28-15-23)21-22(25-10-9-24-21)18-12-27(13-18)20-8-7-16-5-3-4-6-19(16)26-20/h3-10,14,18H,11-13,15H2,1-2H3. The van der Waals surface area contributed by atoms with E-state index in [4.69, 9.17) is 14.7 Å². The molecule has 2 aliphatic rings. The number of anilines is 1. The molecule has 28 heavy (non-hydrogen) atoms. The van der Waals surface area contributed by atoms with Crippen molar-refractivity contribution in [2.24, 2.45) is 5.41 Å². The summed E-state index contributed by atoms with van der Waals surface area (Å²) in [5, 5.41) is 1.17. The lowest BCUT2D eigenvalue weighted by molar-refractivity contribution is 0.126. The fraction of sp³-hybridized carbons (Fsp3) is 0.348. The minimum atomic E-state index is 0.125. The van der Waals surface area contributed by atoms with E-state index in [1.807, 2.05) is 18.4 Å². The number of pyridine rings is 1. The average molecular weight is 372 g/mol. The Morgan fingerprint density at radius 2 is 1.86 bits per heavy atom. The second kappa shape index (κ2) is 6.59. The Bertz CT molecular complexity index is 1050. The molecule has 0 aliphatic carbocycles. The molecule has 2 aliphatic heterocycles. The van der Waals surface area contributed by atoms with Crippen molar-refractivity contribution in [1.82, 2.24) is 15.0 Å². The molecular weight excluding hydrogens is 348 g/mol. The van der Waals surface area contributed by atoms with Crippen LogP contribution in [0.3, 0.4) is 0 Å². The molecule has 5 heteroatoms. The van der Waals surface area contributed by atoms with E-state index in [0.29, 0.717) is 5.92 Å². The summed E-state index contributed by atoms with van der Waals surface area (Å²) in [4.78, 5) is 16.5. The van der Waals surface area contributed by atoms with Gasteiger partial charge in [0.15, 0.2) is 0 Å². The Labute approximate surface area is 165 Å². The van der Waals surface area contributed by atoms with Gasteiger partial charge >= 0.3 is 0 Å². The predicted octanol–water partition coefficient (Wildman–Crippen LogP) is 4.42. The molecule has 0 unspecified atom stereocenters. The van der Waals surface area contributed by atoms with Crippen LogP contribution in [0.25, 0.3) is 16.5 Å². The van der Waals surface area contributed by atoms with Gasteiger partial charge in [0.2, 0.25) is 0 Å². The van der Waals surface area contributed by atoms with Gasteiger partial charge in [-0.15, -0.1) is 0 Å². The van der Waals surface area contributed by atoms with Crippen molar-refractivity contribution < 1.29 is 4.74 Å². The lowest BCUT2D eigenvalue weighted by atomic mass is 9.82. The van der Waals surface area contributed by atoms with E-state index >= 15 is 0 Å². The predicted molar refractivity (Wildman–Crippen MR) is 111 cm³/mol. The number of hydrogen-bond acceptors (Lipinski definition) is 5. The van der Waals surface area contributed by atoms with Crippen LogP contribution in [0, 0.1) is 5.41 Å². The molecule has 0 saturated carbocycles. The fourth-order valence-corrected chi connectivity index (χ4v) is 4.08. The van der Waals surface area contributed by atoms with Gasteiger partial charge in [0.05, 0.1) is 29.8 Å². The highest BCUT2D eigenvalue weighted by Crippen LogP contribution is 2.38. The number of rotatable bonds is 3. The maximum absolute atomic E-state index is 5.72. The molecule has 0 spiro atoms. The summed E-state index contributed by atoms with van der Waals surface area (Å²) in [6, 6.07) is 12.5. The summed E-state index contributed by atoms with van der Waals surface area (Å²) in [7, 11) is 0. The monoisotopic (exact) mass is 372 g/mol. The normalized spacial score (nSPS) is 19.1. The second-order valence-electron chi connectivity index (χ2n) is 8.55. The molecule has 2 aromatic heterocycles. The number of benzene rings is 1. The molecule has 1 fully saturated rings. The van der Waals surface area contributed by atoms with Crippen LogP contribution in [0.2, 0.25) is 0 Å². The Kier molecular flexibility index (Phi) is 4.04. The maximum atomic E-state index is 5.72. The van der Waals surface area contributed by atoms with Gasteiger partial charge < -0.3 is 9.64 Å². The Hall–Kier alpha value is -2.95. The van der Waals surface area contributed by atoms with E-state index in [0.717, 1.165) is 54.4 Å². The molecule has 5 rings (SSSR count). The number of allylic oxidation sites excluding steroid dienone is 1. The van der Waals surface area contributed by atoms with Gasteiger partial charge in [-0.05, 0) is 24.6 Å². The van der Waals surface area contributed by atoms with Crippen LogP contribution in [0.1, 0.15) is 37.6 Å². The van der Waals surface area contributed by atoms with E-state index in [-0.39, 0.29) is 5.41 Å². The third kappa shape index (κ3) is 3.11. The Morgan fingerprint density at radius 1 is 1.04 bits per heavy atom. The van der Waals surface area contributed by atoms with Crippen molar-refractivity contribution in [3.8, 4) is 0 Å². The molecule has 1 aromatic carbocycles. The average Bonchev–Trinajstić information content (AvgIpc) is 2.66. The number of hydrogen-bond donors (Lipinski definition) is 0. The van der Waals surface area contributed by atoms with Gasteiger partial charge in [-0.3, -0.25) is 9.97 Å². The summed E-state index contributed by atoms with van der Waals surface area (Å²) >= 11 is 0. The van der Waals surface area contributed by atoms with Gasteiger partial charge in [-0.2, -0.15) is 0 Å². The van der Waals surface area contributed by atoms with Gasteiger partial charge in [-0.1, -0.05) is 32.0 Å². The quantitative estimate of drug-likeness (QED) is 0.681. The van der Waals surface area contributed by atoms with Crippen LogP contribution in [0.15, 0.2) is 55.1 Å². The SMILES string of the molecule is CC1(C)COC=C(c2nccnc2C2CN(c3ccc4ccccc4n3)C2)C1. The van der Waals surface area contributed by atoms with E-state index in [9.17, 15) is 0 Å². The van der Waals surface area contributed by atoms with Crippen molar-refractivity contribution in [1.29, 1.82) is 0 Å². The summed E-state index contributed by atoms with van der Waals surface area (Å²) in [6.45, 7) is 7.03. The highest BCUT2D eigenvalue weighted by atomic mass is 16.5. The number of nitrogens with zero attached hydrogens (tertiary/aromatic N) is 4. The zero-order valence-corrected chi connectivity index (χ0v) is 16.3. The molecule has 0 atom stereocenters. The zero-order valence-electron chi connectivity index (χ0n) is 16.3. The highest BCUT2D eigenvalue weighted by Gasteiger charge is 2.34. The van der Waals surface area contributed by atoms with Crippen molar-refractivity contribution >= 4 is 22.3 Å². The third-order valence-electron chi connectivity index (χ3n) is 5.58. The third-order valence-corrected chi connectivity index (χ3v) is 5.58. The molecule has 3 aromatic rings. The van der Waals surface area contributed by atoms with Crippen molar-refractivity contribution in [3.05, 3.63) is 66.4 Å². The van der Waals surface area contributed by atoms with E-state index in [2.05, 4.69) is 48.0 Å². The highest BCUT2D eigenvalue weighted by molar-refractivity contribution is 5.80. The van der Waals surface area contributed by atoms with Crippen molar-refractivity contribution in [2.75, 3.05) is 24.6 Å². The zero-order chi connectivity index (χ0) is 19.1. The van der Waals surface area contributed by atoms with Crippen LogP contribution >= 0.6 is 0 Å². The van der Waals surface area contributed by atoms with Crippen molar-refractivity contribution in [2.45, 2.75) is 26.2 Å². The largest absolute Gasteiger partial charge is 0.500 e. The first-order chi connectivity index (χ1) is 13.6. The van der Waals surface area contributed by atoms with Crippen LogP contribution < -0.4 is 4.90 Å². The van der Waals surface area contributed by atoms with Crippen LogP contribution in [-0.4, -0.2) is 34.6 Å². The molecule has 0 N–H and O–H groups in total. The van der Waals surface area contributed by atoms with E-state index in [1.165, 1.54) is 5.39 Å². The number of para-hydroxylation sites is 1. The molecule has 5 nitrogen and oxygen atoms in total. The number of fused-ring (bicyclic) bond motifs is 1. The molecule has 0 bridgehead atoms. The first kappa shape index (κ1) is 17.2. The minimum absolute atomic E-state index is 0.125. The molecule has 4 heterocycles. The number of aromatic nitrogens is 3. The van der Waals surface area contributed by atoms with Crippen LogP contribution in [0.4, 0.5) is 5.82 Å². The smallest absolute Gasteiger partial charge is 0.129 e. The fourth-order valence-electron chi connectivity index (χ4n) is 4.08. The molecule has 142 valence electrons. The van der Waals surface area contributed by atoms with Crippen LogP contribution in [0.5, 0.6) is 0 Å². The first-order valence-electron chi connectivity index (χ1n) is 9.82. The summed E-state index contributed by atoms with van der Waals surface area (Å²) in [5.74, 6) is 1.39. The minimum Gasteiger partial charge on any atom is -0.500 e. The molecular formula is C23H24N4O. The lowest BCUT2D eigenvalue weighted by Gasteiger charge is -2.40. The first-order valence-corrected chi connectivity index (χ1v) is 9.82. The number of ether oxygens (including phenoxy) is 1. The molecule has 0 amide bonds. The molecule has 0 radical (unpaired) electrons. The maximum Gasteiger partial charge on any atom is 0.129 e.